The van der Waals surface area contributed by atoms with Gasteiger partial charge in [0, 0.05) is 0 Å². The third-order valence-corrected chi connectivity index (χ3v) is 3.40. The first-order valence-electron chi connectivity index (χ1n) is 7.46. The lowest BCUT2D eigenvalue weighted by molar-refractivity contribution is 0.0483. The Balaban J connectivity index is 2.11. The molecule has 1 unspecified atom stereocenters. The van der Waals surface area contributed by atoms with Crippen molar-refractivity contribution in [1.82, 2.24) is 0 Å². The van der Waals surface area contributed by atoms with Gasteiger partial charge in [0.15, 0.2) is 0 Å². The lowest BCUT2D eigenvalue weighted by Gasteiger charge is -2.11. The van der Waals surface area contributed by atoms with Gasteiger partial charge in [-0.2, -0.15) is 0 Å². The van der Waals surface area contributed by atoms with Gasteiger partial charge in [0.2, 0.25) is 0 Å². The molecule has 1 rings (SSSR count). The molecule has 0 aliphatic carbocycles. The van der Waals surface area contributed by atoms with E-state index < -0.39 is 0 Å². The van der Waals surface area contributed by atoms with Gasteiger partial charge < -0.3 is 4.74 Å². The molecule has 0 aliphatic rings. The van der Waals surface area contributed by atoms with Crippen molar-refractivity contribution >= 4 is 5.97 Å². The highest BCUT2D eigenvalue weighted by Crippen LogP contribution is 2.14. The summed E-state index contributed by atoms with van der Waals surface area (Å²) < 4.78 is 5.29. The number of ether oxygens (including phenoxy) is 1. The summed E-state index contributed by atoms with van der Waals surface area (Å²) in [4.78, 5) is 11.7. The average molecular weight is 262 g/mol. The summed E-state index contributed by atoms with van der Waals surface area (Å²) in [5.74, 6) is 0.430. The maximum absolute atomic E-state index is 11.7. The smallest absolute Gasteiger partial charge is 0.338 e. The first-order chi connectivity index (χ1) is 9.24. The lowest BCUT2D eigenvalue weighted by atomic mass is 10.00. The van der Waals surface area contributed by atoms with Crippen LogP contribution < -0.4 is 0 Å². The highest BCUT2D eigenvalue weighted by molar-refractivity contribution is 5.89. The van der Waals surface area contributed by atoms with E-state index >= 15 is 0 Å². The molecule has 1 aromatic carbocycles. The van der Waals surface area contributed by atoms with E-state index in [0.717, 1.165) is 6.42 Å². The van der Waals surface area contributed by atoms with Crippen LogP contribution in [0.2, 0.25) is 0 Å². The molecule has 106 valence electrons. The average Bonchev–Trinajstić information content (AvgIpc) is 2.44. The van der Waals surface area contributed by atoms with E-state index in [4.69, 9.17) is 4.74 Å². The summed E-state index contributed by atoms with van der Waals surface area (Å²) in [6.07, 6.45) is 7.43. The molecule has 2 nitrogen and oxygen atoms in total. The summed E-state index contributed by atoms with van der Waals surface area (Å²) in [6, 6.07) is 9.18. The van der Waals surface area contributed by atoms with Gasteiger partial charge in [-0.15, -0.1) is 0 Å². The first kappa shape index (κ1) is 15.7. The minimum atomic E-state index is -0.209. The summed E-state index contributed by atoms with van der Waals surface area (Å²) >= 11 is 0. The van der Waals surface area contributed by atoms with Crippen molar-refractivity contribution in [2.45, 2.75) is 52.4 Å². The van der Waals surface area contributed by atoms with Crippen molar-refractivity contribution in [3.63, 3.8) is 0 Å². The number of carbonyl (C=O) groups excluding carboxylic acids is 1. The van der Waals surface area contributed by atoms with Gasteiger partial charge in [0.05, 0.1) is 12.2 Å². The van der Waals surface area contributed by atoms with Crippen molar-refractivity contribution in [1.29, 1.82) is 0 Å². The fraction of sp³-hybridized carbons (Fsp3) is 0.588. The van der Waals surface area contributed by atoms with Crippen LogP contribution >= 0.6 is 0 Å². The number of rotatable bonds is 9. The third-order valence-electron chi connectivity index (χ3n) is 3.40. The van der Waals surface area contributed by atoms with Crippen molar-refractivity contribution in [3.05, 3.63) is 35.9 Å². The van der Waals surface area contributed by atoms with Gasteiger partial charge in [-0.05, 0) is 24.5 Å². The minimum absolute atomic E-state index is 0.209. The minimum Gasteiger partial charge on any atom is -0.462 e. The van der Waals surface area contributed by atoms with Crippen LogP contribution in [0, 0.1) is 5.92 Å². The highest BCUT2D eigenvalue weighted by Gasteiger charge is 2.07. The van der Waals surface area contributed by atoms with Gasteiger partial charge >= 0.3 is 5.97 Å². The molecule has 1 aromatic rings. The molecule has 0 saturated carbocycles. The Morgan fingerprint density at radius 2 is 1.84 bits per heavy atom. The molecule has 0 aromatic heterocycles. The van der Waals surface area contributed by atoms with Crippen LogP contribution in [-0.2, 0) is 4.74 Å². The van der Waals surface area contributed by atoms with Crippen LogP contribution in [-0.4, -0.2) is 12.6 Å². The molecule has 0 spiro atoms. The van der Waals surface area contributed by atoms with Crippen LogP contribution in [0.15, 0.2) is 30.3 Å². The van der Waals surface area contributed by atoms with E-state index in [-0.39, 0.29) is 5.97 Å². The maximum atomic E-state index is 11.7. The molecule has 0 radical (unpaired) electrons. The number of hydrogen-bond donors (Lipinski definition) is 0. The molecule has 0 aliphatic heterocycles. The maximum Gasteiger partial charge on any atom is 0.338 e. The van der Waals surface area contributed by atoms with Gasteiger partial charge in [-0.3, -0.25) is 0 Å². The topological polar surface area (TPSA) is 26.3 Å². The SMILES string of the molecule is CCCCCCC(C)CCOC(=O)c1ccccc1. The quantitative estimate of drug-likeness (QED) is 0.470. The van der Waals surface area contributed by atoms with E-state index in [2.05, 4.69) is 13.8 Å². The predicted molar refractivity (Wildman–Crippen MR) is 79.3 cm³/mol. The molecule has 19 heavy (non-hydrogen) atoms. The van der Waals surface area contributed by atoms with E-state index in [1.54, 1.807) is 12.1 Å². The monoisotopic (exact) mass is 262 g/mol. The third kappa shape index (κ3) is 7.00. The number of hydrogen-bond acceptors (Lipinski definition) is 2. The summed E-state index contributed by atoms with van der Waals surface area (Å²) in [7, 11) is 0. The summed E-state index contributed by atoms with van der Waals surface area (Å²) in [5.41, 5.74) is 0.637. The molecule has 0 saturated heterocycles. The van der Waals surface area contributed by atoms with E-state index in [1.807, 2.05) is 18.2 Å². The Morgan fingerprint density at radius 3 is 2.53 bits per heavy atom. The number of esters is 1. The summed E-state index contributed by atoms with van der Waals surface area (Å²) in [5, 5.41) is 0. The predicted octanol–water partition coefficient (Wildman–Crippen LogP) is 4.84. The second-order valence-corrected chi connectivity index (χ2v) is 5.25. The van der Waals surface area contributed by atoms with E-state index in [0.29, 0.717) is 18.1 Å². The Morgan fingerprint density at radius 1 is 1.11 bits per heavy atom. The Hall–Kier alpha value is -1.31. The Labute approximate surface area is 117 Å². The number of unbranched alkanes of at least 4 members (excludes halogenated alkanes) is 3. The van der Waals surface area contributed by atoms with Crippen LogP contribution in [0.4, 0.5) is 0 Å². The van der Waals surface area contributed by atoms with Crippen molar-refractivity contribution < 1.29 is 9.53 Å². The van der Waals surface area contributed by atoms with Gasteiger partial charge in [0.1, 0.15) is 0 Å². The fourth-order valence-electron chi connectivity index (χ4n) is 2.07. The van der Waals surface area contributed by atoms with Crippen LogP contribution in [0.25, 0.3) is 0 Å². The molecular weight excluding hydrogens is 236 g/mol. The largest absolute Gasteiger partial charge is 0.462 e. The van der Waals surface area contributed by atoms with Crippen LogP contribution in [0.5, 0.6) is 0 Å². The zero-order chi connectivity index (χ0) is 13.9. The van der Waals surface area contributed by atoms with E-state index in [9.17, 15) is 4.79 Å². The van der Waals surface area contributed by atoms with Gasteiger partial charge in [-0.1, -0.05) is 64.2 Å². The van der Waals surface area contributed by atoms with Crippen LogP contribution in [0.1, 0.15) is 62.7 Å². The normalized spacial score (nSPS) is 12.1. The lowest BCUT2D eigenvalue weighted by Crippen LogP contribution is -2.09. The van der Waals surface area contributed by atoms with E-state index in [1.165, 1.54) is 32.1 Å². The standard InChI is InChI=1S/C17H26O2/c1-3-4-5-7-10-15(2)13-14-19-17(18)16-11-8-6-9-12-16/h6,8-9,11-12,15H,3-5,7,10,13-14H2,1-2H3. The molecule has 0 bridgehead atoms. The molecule has 2 heteroatoms. The summed E-state index contributed by atoms with van der Waals surface area (Å²) in [6.45, 7) is 5.00. The first-order valence-corrected chi connectivity index (χ1v) is 7.46. The molecule has 1 atom stereocenters. The van der Waals surface area contributed by atoms with Crippen molar-refractivity contribution in [2.75, 3.05) is 6.61 Å². The highest BCUT2D eigenvalue weighted by atomic mass is 16.5. The molecular formula is C17H26O2. The van der Waals surface area contributed by atoms with Gasteiger partial charge in [0.25, 0.3) is 0 Å². The fourth-order valence-corrected chi connectivity index (χ4v) is 2.07. The molecule has 0 N–H and O–H groups in total. The number of carbonyl (C=O) groups is 1. The van der Waals surface area contributed by atoms with Crippen molar-refractivity contribution in [3.8, 4) is 0 Å². The van der Waals surface area contributed by atoms with Crippen molar-refractivity contribution in [2.24, 2.45) is 5.92 Å². The zero-order valence-electron chi connectivity index (χ0n) is 12.2. The molecule has 0 amide bonds. The molecule has 0 fully saturated rings. The molecule has 0 heterocycles. The Bertz CT molecular complexity index is 346. The van der Waals surface area contributed by atoms with Gasteiger partial charge in [-0.25, -0.2) is 4.79 Å². The number of benzene rings is 1. The van der Waals surface area contributed by atoms with Crippen LogP contribution in [0.3, 0.4) is 0 Å². The zero-order valence-corrected chi connectivity index (χ0v) is 12.2. The Kier molecular flexibility index (Phi) is 7.95. The second-order valence-electron chi connectivity index (χ2n) is 5.25. The second kappa shape index (κ2) is 9.60.